The normalized spacial score (nSPS) is 9.69. The van der Waals surface area contributed by atoms with Gasteiger partial charge in [0.1, 0.15) is 12.1 Å². The number of carboxylic acid groups (broad SMARTS) is 1. The molecule has 1 rings (SSSR count). The molecule has 0 radical (unpaired) electrons. The van der Waals surface area contributed by atoms with E-state index in [1.54, 1.807) is 0 Å². The Morgan fingerprint density at radius 1 is 1.54 bits per heavy atom. The summed E-state index contributed by atoms with van der Waals surface area (Å²) >= 11 is 0. The van der Waals surface area contributed by atoms with Crippen LogP contribution in [-0.4, -0.2) is 17.4 Å². The van der Waals surface area contributed by atoms with Crippen LogP contribution in [0.3, 0.4) is 0 Å². The van der Waals surface area contributed by atoms with Crippen molar-refractivity contribution in [1.82, 2.24) is 0 Å². The lowest BCUT2D eigenvalue weighted by molar-refractivity contribution is 0.0691. The molecule has 1 aromatic carbocycles. The van der Waals surface area contributed by atoms with Gasteiger partial charge in [0.15, 0.2) is 0 Å². The van der Waals surface area contributed by atoms with Gasteiger partial charge in [-0.25, -0.2) is 9.18 Å². The maximum absolute atomic E-state index is 13.2. The van der Waals surface area contributed by atoms with E-state index in [0.29, 0.717) is 6.29 Å². The summed E-state index contributed by atoms with van der Waals surface area (Å²) in [5.74, 6) is -2.19. The van der Waals surface area contributed by atoms with E-state index in [9.17, 15) is 14.0 Å². The molecule has 3 nitrogen and oxygen atoms in total. The minimum atomic E-state index is -1.34. The number of aldehydes is 1. The average molecular weight is 182 g/mol. The van der Waals surface area contributed by atoms with Crippen LogP contribution in [0.15, 0.2) is 12.1 Å². The number of halogens is 1. The second-order valence-corrected chi connectivity index (χ2v) is 2.56. The molecule has 0 aliphatic rings. The van der Waals surface area contributed by atoms with Crippen LogP contribution in [0.25, 0.3) is 0 Å². The molecule has 0 aromatic heterocycles. The molecule has 0 fully saturated rings. The highest BCUT2D eigenvalue weighted by molar-refractivity contribution is 5.90. The first-order chi connectivity index (χ1) is 6.07. The lowest BCUT2D eigenvalue weighted by Gasteiger charge is -2.02. The predicted molar refractivity (Wildman–Crippen MR) is 43.5 cm³/mol. The summed E-state index contributed by atoms with van der Waals surface area (Å²) in [4.78, 5) is 20.8. The van der Waals surface area contributed by atoms with Crippen molar-refractivity contribution >= 4 is 12.3 Å². The van der Waals surface area contributed by atoms with E-state index in [-0.39, 0.29) is 11.1 Å². The van der Waals surface area contributed by atoms with Crippen LogP contribution in [0, 0.1) is 12.7 Å². The monoisotopic (exact) mass is 182 g/mol. The topological polar surface area (TPSA) is 54.4 Å². The molecule has 0 unspecified atom stereocenters. The molecule has 0 heterocycles. The number of hydrogen-bond acceptors (Lipinski definition) is 2. The Hall–Kier alpha value is -1.71. The van der Waals surface area contributed by atoms with Gasteiger partial charge in [0.05, 0.1) is 5.56 Å². The molecular formula is C9H7FO3. The van der Waals surface area contributed by atoms with Gasteiger partial charge >= 0.3 is 5.97 Å². The summed E-state index contributed by atoms with van der Waals surface area (Å²) in [5, 5.41) is 8.53. The Balaban J connectivity index is 3.39. The van der Waals surface area contributed by atoms with Crippen molar-refractivity contribution in [3.63, 3.8) is 0 Å². The molecule has 0 aliphatic heterocycles. The highest BCUT2D eigenvalue weighted by Crippen LogP contribution is 2.15. The van der Waals surface area contributed by atoms with Gasteiger partial charge in [-0.3, -0.25) is 4.79 Å². The highest BCUT2D eigenvalue weighted by Gasteiger charge is 2.14. The van der Waals surface area contributed by atoms with Crippen molar-refractivity contribution in [2.45, 2.75) is 6.92 Å². The van der Waals surface area contributed by atoms with Crippen molar-refractivity contribution in [2.75, 3.05) is 0 Å². The van der Waals surface area contributed by atoms with Gasteiger partial charge in [-0.05, 0) is 18.6 Å². The molecule has 0 saturated carbocycles. The van der Waals surface area contributed by atoms with E-state index >= 15 is 0 Å². The molecule has 0 spiro atoms. The van der Waals surface area contributed by atoms with E-state index in [0.717, 1.165) is 6.07 Å². The highest BCUT2D eigenvalue weighted by atomic mass is 19.1. The summed E-state index contributed by atoms with van der Waals surface area (Å²) < 4.78 is 13.2. The Kier molecular flexibility index (Phi) is 2.41. The van der Waals surface area contributed by atoms with E-state index in [1.807, 2.05) is 0 Å². The quantitative estimate of drug-likeness (QED) is 0.707. The zero-order valence-electron chi connectivity index (χ0n) is 6.87. The van der Waals surface area contributed by atoms with Gasteiger partial charge in [-0.1, -0.05) is 6.07 Å². The lowest BCUT2D eigenvalue weighted by atomic mass is 10.1. The fourth-order valence-corrected chi connectivity index (χ4v) is 0.993. The molecule has 0 saturated heterocycles. The molecule has 0 amide bonds. The molecule has 1 N–H and O–H groups in total. The fourth-order valence-electron chi connectivity index (χ4n) is 0.993. The van der Waals surface area contributed by atoms with Gasteiger partial charge in [-0.2, -0.15) is 0 Å². The van der Waals surface area contributed by atoms with Gasteiger partial charge < -0.3 is 5.11 Å². The Morgan fingerprint density at radius 2 is 2.15 bits per heavy atom. The first-order valence-corrected chi connectivity index (χ1v) is 3.55. The van der Waals surface area contributed by atoms with Crippen LogP contribution < -0.4 is 0 Å². The van der Waals surface area contributed by atoms with Crippen LogP contribution in [0.1, 0.15) is 26.3 Å². The maximum atomic E-state index is 13.2. The standard InChI is InChI=1S/C9H7FO3/c1-5-6(4-11)2-3-7(8(5)10)9(12)13/h2-4H,1H3,(H,12,13). The summed E-state index contributed by atoms with van der Waals surface area (Å²) in [6.07, 6.45) is 0.490. The Labute approximate surface area is 73.8 Å². The number of benzene rings is 1. The number of aromatic carboxylic acids is 1. The molecule has 13 heavy (non-hydrogen) atoms. The van der Waals surface area contributed by atoms with Crippen LogP contribution in [0.2, 0.25) is 0 Å². The third-order valence-corrected chi connectivity index (χ3v) is 1.79. The Morgan fingerprint density at radius 3 is 2.62 bits per heavy atom. The molecule has 1 aromatic rings. The minimum absolute atomic E-state index is 0.0647. The van der Waals surface area contributed by atoms with Gasteiger partial charge in [0, 0.05) is 5.56 Å². The number of carboxylic acids is 1. The van der Waals surface area contributed by atoms with Crippen LogP contribution in [0.5, 0.6) is 0 Å². The fraction of sp³-hybridized carbons (Fsp3) is 0.111. The first-order valence-electron chi connectivity index (χ1n) is 3.55. The number of rotatable bonds is 2. The Bertz CT molecular complexity index is 371. The number of carbonyl (C=O) groups excluding carboxylic acids is 1. The molecule has 4 heteroatoms. The summed E-state index contributed by atoms with van der Waals surface area (Å²) in [5.41, 5.74) is -0.180. The first kappa shape index (κ1) is 9.38. The molecule has 0 bridgehead atoms. The van der Waals surface area contributed by atoms with Gasteiger partial charge in [0.25, 0.3) is 0 Å². The largest absolute Gasteiger partial charge is 0.478 e. The summed E-state index contributed by atoms with van der Waals surface area (Å²) in [7, 11) is 0. The third kappa shape index (κ3) is 1.56. The molecular weight excluding hydrogens is 175 g/mol. The van der Waals surface area contributed by atoms with Crippen molar-refractivity contribution in [3.05, 3.63) is 34.6 Å². The molecule has 0 atom stereocenters. The van der Waals surface area contributed by atoms with E-state index in [1.165, 1.54) is 13.0 Å². The van der Waals surface area contributed by atoms with Crippen LogP contribution in [0.4, 0.5) is 4.39 Å². The van der Waals surface area contributed by atoms with Gasteiger partial charge in [-0.15, -0.1) is 0 Å². The second kappa shape index (κ2) is 3.35. The zero-order chi connectivity index (χ0) is 10.0. The second-order valence-electron chi connectivity index (χ2n) is 2.56. The number of carbonyl (C=O) groups is 2. The van der Waals surface area contributed by atoms with Crippen molar-refractivity contribution in [1.29, 1.82) is 0 Å². The average Bonchev–Trinajstić information content (AvgIpc) is 2.09. The maximum Gasteiger partial charge on any atom is 0.338 e. The molecule has 0 aliphatic carbocycles. The summed E-state index contributed by atoms with van der Waals surface area (Å²) in [6.45, 7) is 1.37. The van der Waals surface area contributed by atoms with Crippen molar-refractivity contribution in [2.24, 2.45) is 0 Å². The van der Waals surface area contributed by atoms with Crippen molar-refractivity contribution in [3.8, 4) is 0 Å². The molecule has 68 valence electrons. The zero-order valence-corrected chi connectivity index (χ0v) is 6.87. The van der Waals surface area contributed by atoms with Crippen LogP contribution in [-0.2, 0) is 0 Å². The van der Waals surface area contributed by atoms with Crippen LogP contribution >= 0.6 is 0 Å². The minimum Gasteiger partial charge on any atom is -0.478 e. The van der Waals surface area contributed by atoms with Crippen molar-refractivity contribution < 1.29 is 19.1 Å². The van der Waals surface area contributed by atoms with Gasteiger partial charge in [0.2, 0.25) is 0 Å². The van der Waals surface area contributed by atoms with E-state index in [2.05, 4.69) is 0 Å². The van der Waals surface area contributed by atoms with E-state index in [4.69, 9.17) is 5.11 Å². The summed E-state index contributed by atoms with van der Waals surface area (Å²) in [6, 6.07) is 2.36. The number of hydrogen-bond donors (Lipinski definition) is 1. The lowest BCUT2D eigenvalue weighted by Crippen LogP contribution is -2.04. The van der Waals surface area contributed by atoms with E-state index < -0.39 is 17.3 Å². The smallest absolute Gasteiger partial charge is 0.338 e. The predicted octanol–water partition coefficient (Wildman–Crippen LogP) is 1.64. The SMILES string of the molecule is Cc1c(C=O)ccc(C(=O)O)c1F. The third-order valence-electron chi connectivity index (χ3n) is 1.79.